The SMILES string of the molecule is O=C1OCCC1Sc1nc(-c2cccs2)c(-c2cccs2)[nH]1. The normalized spacial score (nSPS) is 17.8. The first kappa shape index (κ1) is 14.0. The Morgan fingerprint density at radius 2 is 2.00 bits per heavy atom. The fourth-order valence-electron chi connectivity index (χ4n) is 2.32. The molecule has 1 aliphatic rings. The summed E-state index contributed by atoms with van der Waals surface area (Å²) < 4.78 is 5.02. The summed E-state index contributed by atoms with van der Waals surface area (Å²) in [7, 11) is 0. The maximum absolute atomic E-state index is 11.6. The fourth-order valence-corrected chi connectivity index (χ4v) is 4.72. The number of aromatic amines is 1. The molecule has 0 radical (unpaired) electrons. The molecule has 22 heavy (non-hydrogen) atoms. The van der Waals surface area contributed by atoms with Crippen LogP contribution in [0.4, 0.5) is 0 Å². The molecule has 0 bridgehead atoms. The molecule has 1 N–H and O–H groups in total. The molecule has 4 rings (SSSR count). The highest BCUT2D eigenvalue weighted by molar-refractivity contribution is 8.00. The molecule has 112 valence electrons. The first-order valence-corrected chi connectivity index (χ1v) is 9.46. The number of nitrogens with zero attached hydrogens (tertiary/aromatic N) is 1. The maximum atomic E-state index is 11.6. The quantitative estimate of drug-likeness (QED) is 0.715. The first-order valence-electron chi connectivity index (χ1n) is 6.82. The Balaban J connectivity index is 1.72. The van der Waals surface area contributed by atoms with Gasteiger partial charge in [-0.1, -0.05) is 23.9 Å². The Hall–Kier alpha value is -1.57. The van der Waals surface area contributed by atoms with Gasteiger partial charge in [-0.3, -0.25) is 4.79 Å². The van der Waals surface area contributed by atoms with Crippen molar-refractivity contribution in [1.29, 1.82) is 0 Å². The van der Waals surface area contributed by atoms with Crippen molar-refractivity contribution in [3.8, 4) is 21.1 Å². The Bertz CT molecular complexity index is 726. The van der Waals surface area contributed by atoms with Gasteiger partial charge in [-0.05, 0) is 22.9 Å². The number of nitrogens with one attached hydrogen (secondary N) is 1. The number of cyclic esters (lactones) is 1. The van der Waals surface area contributed by atoms with Crippen molar-refractivity contribution in [2.45, 2.75) is 16.8 Å². The molecular formula is C15H12N2O2S3. The lowest BCUT2D eigenvalue weighted by Crippen LogP contribution is -2.09. The van der Waals surface area contributed by atoms with Crippen molar-refractivity contribution in [2.75, 3.05) is 6.61 Å². The molecule has 1 unspecified atom stereocenters. The number of carbonyl (C=O) groups is 1. The summed E-state index contributed by atoms with van der Waals surface area (Å²) in [6, 6.07) is 8.19. The summed E-state index contributed by atoms with van der Waals surface area (Å²) in [5, 5.41) is 4.72. The standard InChI is InChI=1S/C15H12N2O2S3/c18-14-11(5-6-19-14)22-15-16-12(9-3-1-7-20-9)13(17-15)10-4-2-8-21-10/h1-4,7-8,11H,5-6H2,(H,16,17). The Morgan fingerprint density at radius 3 is 2.64 bits per heavy atom. The van der Waals surface area contributed by atoms with Crippen LogP contribution in [-0.2, 0) is 9.53 Å². The van der Waals surface area contributed by atoms with Crippen molar-refractivity contribution >= 4 is 40.4 Å². The predicted molar refractivity (Wildman–Crippen MR) is 90.4 cm³/mol. The van der Waals surface area contributed by atoms with Crippen LogP contribution in [-0.4, -0.2) is 27.8 Å². The summed E-state index contributed by atoms with van der Waals surface area (Å²) >= 11 is 4.80. The van der Waals surface area contributed by atoms with E-state index < -0.39 is 0 Å². The highest BCUT2D eigenvalue weighted by Gasteiger charge is 2.29. The maximum Gasteiger partial charge on any atom is 0.319 e. The van der Waals surface area contributed by atoms with Crippen LogP contribution in [0.2, 0.25) is 0 Å². The summed E-state index contributed by atoms with van der Waals surface area (Å²) in [5.74, 6) is -0.142. The van der Waals surface area contributed by atoms with Crippen LogP contribution in [0.1, 0.15) is 6.42 Å². The van der Waals surface area contributed by atoms with E-state index in [9.17, 15) is 4.79 Å². The van der Waals surface area contributed by atoms with Crippen molar-refractivity contribution in [1.82, 2.24) is 9.97 Å². The van der Waals surface area contributed by atoms with Gasteiger partial charge in [0.15, 0.2) is 5.16 Å². The topological polar surface area (TPSA) is 55.0 Å². The molecule has 0 aliphatic carbocycles. The number of hydrogen-bond acceptors (Lipinski definition) is 6. The van der Waals surface area contributed by atoms with Gasteiger partial charge in [0.2, 0.25) is 0 Å². The van der Waals surface area contributed by atoms with E-state index in [-0.39, 0.29) is 11.2 Å². The number of aromatic nitrogens is 2. The number of imidazole rings is 1. The number of hydrogen-bond donors (Lipinski definition) is 1. The second-order valence-corrected chi connectivity index (χ2v) is 7.87. The number of thioether (sulfide) groups is 1. The van der Waals surface area contributed by atoms with Gasteiger partial charge in [-0.15, -0.1) is 22.7 Å². The minimum atomic E-state index is -0.154. The van der Waals surface area contributed by atoms with E-state index in [0.29, 0.717) is 6.61 Å². The Kier molecular flexibility index (Phi) is 3.77. The Labute approximate surface area is 139 Å². The highest BCUT2D eigenvalue weighted by atomic mass is 32.2. The summed E-state index contributed by atoms with van der Waals surface area (Å²) in [5.41, 5.74) is 1.97. The largest absolute Gasteiger partial charge is 0.465 e. The zero-order valence-electron chi connectivity index (χ0n) is 11.4. The number of carbonyl (C=O) groups excluding carboxylic acids is 1. The minimum absolute atomic E-state index is 0.142. The second-order valence-electron chi connectivity index (χ2n) is 4.78. The van der Waals surface area contributed by atoms with Gasteiger partial charge in [0.1, 0.15) is 10.9 Å². The van der Waals surface area contributed by atoms with E-state index in [0.717, 1.165) is 32.7 Å². The van der Waals surface area contributed by atoms with Crippen LogP contribution in [0.25, 0.3) is 21.1 Å². The van der Waals surface area contributed by atoms with Gasteiger partial charge in [0.25, 0.3) is 0 Å². The Morgan fingerprint density at radius 1 is 1.23 bits per heavy atom. The molecule has 3 aromatic heterocycles. The van der Waals surface area contributed by atoms with Gasteiger partial charge in [0.05, 0.1) is 22.1 Å². The van der Waals surface area contributed by atoms with Crippen molar-refractivity contribution < 1.29 is 9.53 Å². The number of rotatable bonds is 4. The van der Waals surface area contributed by atoms with Crippen LogP contribution < -0.4 is 0 Å². The van der Waals surface area contributed by atoms with Gasteiger partial charge >= 0.3 is 5.97 Å². The highest BCUT2D eigenvalue weighted by Crippen LogP contribution is 2.38. The van der Waals surface area contributed by atoms with Gasteiger partial charge in [-0.25, -0.2) is 4.98 Å². The molecule has 4 heterocycles. The van der Waals surface area contributed by atoms with Gasteiger partial charge in [-0.2, -0.15) is 0 Å². The molecule has 3 aromatic rings. The number of esters is 1. The monoisotopic (exact) mass is 348 g/mol. The first-order chi connectivity index (χ1) is 10.8. The molecule has 7 heteroatoms. The lowest BCUT2D eigenvalue weighted by Gasteiger charge is -2.00. The fraction of sp³-hybridized carbons (Fsp3) is 0.200. The summed E-state index contributed by atoms with van der Waals surface area (Å²) in [6.07, 6.45) is 0.743. The smallest absolute Gasteiger partial charge is 0.319 e. The third-order valence-electron chi connectivity index (χ3n) is 3.35. The van der Waals surface area contributed by atoms with Crippen LogP contribution in [0.15, 0.2) is 40.2 Å². The number of ether oxygens (including phenoxy) is 1. The third kappa shape index (κ3) is 2.60. The van der Waals surface area contributed by atoms with E-state index >= 15 is 0 Å². The van der Waals surface area contributed by atoms with E-state index in [2.05, 4.69) is 22.5 Å². The van der Waals surface area contributed by atoms with Crippen LogP contribution in [0.3, 0.4) is 0 Å². The molecule has 0 saturated carbocycles. The molecule has 1 atom stereocenters. The summed E-state index contributed by atoms with van der Waals surface area (Å²) in [6.45, 7) is 0.507. The minimum Gasteiger partial charge on any atom is -0.465 e. The van der Waals surface area contributed by atoms with E-state index in [1.165, 1.54) is 11.8 Å². The van der Waals surface area contributed by atoms with E-state index in [1.54, 1.807) is 22.7 Å². The molecule has 4 nitrogen and oxygen atoms in total. The van der Waals surface area contributed by atoms with Crippen molar-refractivity contribution in [3.05, 3.63) is 35.0 Å². The lowest BCUT2D eigenvalue weighted by molar-refractivity contribution is -0.137. The van der Waals surface area contributed by atoms with Gasteiger partial charge < -0.3 is 9.72 Å². The third-order valence-corrected chi connectivity index (χ3v) is 6.24. The molecule has 0 aromatic carbocycles. The van der Waals surface area contributed by atoms with Crippen LogP contribution >= 0.6 is 34.4 Å². The van der Waals surface area contributed by atoms with Crippen LogP contribution in [0.5, 0.6) is 0 Å². The number of H-pyrrole nitrogens is 1. The molecule has 1 aliphatic heterocycles. The predicted octanol–water partition coefficient (Wildman–Crippen LogP) is 4.27. The molecule has 0 amide bonds. The lowest BCUT2D eigenvalue weighted by atomic mass is 10.2. The molecule has 1 saturated heterocycles. The van der Waals surface area contributed by atoms with Crippen molar-refractivity contribution in [2.24, 2.45) is 0 Å². The van der Waals surface area contributed by atoms with Gasteiger partial charge in [0, 0.05) is 6.42 Å². The second kappa shape index (κ2) is 5.91. The molecular weight excluding hydrogens is 336 g/mol. The number of thiophene rings is 2. The summed E-state index contributed by atoms with van der Waals surface area (Å²) in [4.78, 5) is 22.0. The van der Waals surface area contributed by atoms with Crippen LogP contribution in [0, 0.1) is 0 Å². The molecule has 1 fully saturated rings. The molecule has 0 spiro atoms. The van der Waals surface area contributed by atoms with E-state index in [1.807, 2.05) is 17.5 Å². The zero-order chi connectivity index (χ0) is 14.9. The zero-order valence-corrected chi connectivity index (χ0v) is 13.9. The van der Waals surface area contributed by atoms with E-state index in [4.69, 9.17) is 9.72 Å². The average molecular weight is 348 g/mol. The van der Waals surface area contributed by atoms with Crippen molar-refractivity contribution in [3.63, 3.8) is 0 Å². The average Bonchev–Trinajstić information content (AvgIpc) is 3.26.